The Morgan fingerprint density at radius 3 is 2.77 bits per heavy atom. The molecule has 8 nitrogen and oxygen atoms in total. The van der Waals surface area contributed by atoms with Crippen LogP contribution in [0.2, 0.25) is 0 Å². The first-order valence-corrected chi connectivity index (χ1v) is 17.0. The van der Waals surface area contributed by atoms with Crippen molar-refractivity contribution in [3.8, 4) is 0 Å². The largest absolute Gasteiger partial charge is 0.480 e. The molecule has 12 heteroatoms. The first-order chi connectivity index (χ1) is 20.3. The van der Waals surface area contributed by atoms with E-state index in [-0.39, 0.29) is 24.1 Å². The minimum absolute atomic E-state index is 0.0862. The molecule has 0 atom stereocenters. The summed E-state index contributed by atoms with van der Waals surface area (Å²) in [5.74, 6) is -1.76. The average Bonchev–Trinajstić information content (AvgIpc) is 3.58. The Morgan fingerprint density at radius 2 is 2.00 bits per heavy atom. The molecule has 0 radical (unpaired) electrons. The molecule has 2 aromatic carbocycles. The number of thiazole rings is 1. The van der Waals surface area contributed by atoms with Crippen molar-refractivity contribution in [2.75, 3.05) is 17.2 Å². The van der Waals surface area contributed by atoms with Crippen LogP contribution in [0.25, 0.3) is 27.3 Å². The van der Waals surface area contributed by atoms with E-state index in [2.05, 4.69) is 30.6 Å². The third kappa shape index (κ3) is 6.42. The van der Waals surface area contributed by atoms with Crippen molar-refractivity contribution in [3.05, 3.63) is 81.8 Å². The monoisotopic (exact) mass is 641 g/mol. The number of aliphatic carboxylic acids is 1. The van der Waals surface area contributed by atoms with Gasteiger partial charge in [0.2, 0.25) is 5.52 Å². The van der Waals surface area contributed by atoms with Crippen molar-refractivity contribution in [1.29, 1.82) is 0 Å². The highest BCUT2D eigenvalue weighted by atomic mass is 32.2. The maximum Gasteiger partial charge on any atom is 0.323 e. The van der Waals surface area contributed by atoms with Gasteiger partial charge in [-0.05, 0) is 71.9 Å². The van der Waals surface area contributed by atoms with Gasteiger partial charge >= 0.3 is 5.97 Å². The topological polar surface area (TPSA) is 112 Å². The number of nitrogens with zero attached hydrogens (tertiary/aromatic N) is 2. The number of furan rings is 1. The van der Waals surface area contributed by atoms with E-state index in [0.29, 0.717) is 12.2 Å². The highest BCUT2D eigenvalue weighted by molar-refractivity contribution is 8.03. The van der Waals surface area contributed by atoms with Crippen LogP contribution in [0, 0.1) is 11.2 Å². The lowest BCUT2D eigenvalue weighted by Gasteiger charge is -2.31. The number of aryl methyl sites for hydroxylation is 1. The van der Waals surface area contributed by atoms with Crippen LogP contribution in [-0.4, -0.2) is 36.3 Å². The molecule has 224 valence electrons. The Morgan fingerprint density at radius 1 is 1.19 bits per heavy atom. The lowest BCUT2D eigenvalue weighted by atomic mass is 9.75. The SMILES string of the molecule is CC1(C)CC(/C=C2\Sc3ccc(F)cc3N2CC(=O)O)=CC(=C/c2sc3ccc4occc4c3[n+]2CCCS(=O)(=O)O)/C1. The van der Waals surface area contributed by atoms with Crippen LogP contribution in [-0.2, 0) is 21.5 Å². The maximum absolute atomic E-state index is 14.1. The molecule has 0 fully saturated rings. The molecule has 2 aliphatic rings. The Hall–Kier alpha value is -3.45. The van der Waals surface area contributed by atoms with Crippen LogP contribution in [0.5, 0.6) is 0 Å². The number of halogens is 1. The standard InChI is InChI=1S/C31H29FN2O6S3/c1-31(2)16-19(12-20(17-31)14-28-34(18-29(35)36)23-15-21(32)4-6-25(23)41-28)13-27-33(9-3-11-43(37,38)39)30-22-8-10-40-24(22)5-7-26(30)42-27/h4-8,10,12-15H,3,9,11,16-18H2,1-2H3,(H-,35,36,37,38,39)/p+1. The number of carbonyl (C=O) groups is 1. The number of benzene rings is 2. The molecule has 0 saturated carbocycles. The van der Waals surface area contributed by atoms with Crippen molar-refractivity contribution in [2.24, 2.45) is 5.41 Å². The fraction of sp³-hybridized carbons (Fsp3) is 0.290. The van der Waals surface area contributed by atoms with Gasteiger partial charge in [0.25, 0.3) is 15.1 Å². The lowest BCUT2D eigenvalue weighted by molar-refractivity contribution is -0.667. The van der Waals surface area contributed by atoms with E-state index < -0.39 is 21.9 Å². The van der Waals surface area contributed by atoms with Gasteiger partial charge in [-0.15, -0.1) is 0 Å². The third-order valence-corrected chi connectivity index (χ3v) is 10.5. The number of carboxylic acids is 1. The van der Waals surface area contributed by atoms with Gasteiger partial charge in [-0.25, -0.2) is 4.39 Å². The fourth-order valence-electron chi connectivity index (χ4n) is 5.87. The number of allylic oxidation sites excluding steroid dienone is 4. The first-order valence-electron chi connectivity index (χ1n) is 13.7. The molecule has 4 aromatic rings. The molecule has 0 amide bonds. The van der Waals surface area contributed by atoms with Gasteiger partial charge in [-0.3, -0.25) is 9.35 Å². The molecule has 2 N–H and O–H groups in total. The second-order valence-corrected chi connectivity index (χ2v) is 15.3. The van der Waals surface area contributed by atoms with E-state index in [1.54, 1.807) is 28.6 Å². The summed E-state index contributed by atoms with van der Waals surface area (Å²) in [6.45, 7) is 4.49. The number of hydrogen-bond acceptors (Lipinski definition) is 7. The predicted molar refractivity (Wildman–Crippen MR) is 167 cm³/mol. The lowest BCUT2D eigenvalue weighted by Crippen LogP contribution is -2.36. The summed E-state index contributed by atoms with van der Waals surface area (Å²) in [5.41, 5.74) is 4.27. The molecule has 2 aromatic heterocycles. The van der Waals surface area contributed by atoms with Gasteiger partial charge < -0.3 is 14.4 Å². The molecule has 0 spiro atoms. The average molecular weight is 642 g/mol. The minimum Gasteiger partial charge on any atom is -0.480 e. The molecular weight excluding hydrogens is 612 g/mol. The van der Waals surface area contributed by atoms with Crippen molar-refractivity contribution in [1.82, 2.24) is 0 Å². The second-order valence-electron chi connectivity index (χ2n) is 11.6. The summed E-state index contributed by atoms with van der Waals surface area (Å²) in [6.07, 6.45) is 9.71. The number of fused-ring (bicyclic) bond motifs is 4. The summed E-state index contributed by atoms with van der Waals surface area (Å²) in [5, 5.41) is 12.2. The minimum atomic E-state index is -4.09. The Kier molecular flexibility index (Phi) is 7.74. The molecule has 1 aliphatic heterocycles. The Balaban J connectivity index is 1.41. The number of aromatic nitrogens is 1. The van der Waals surface area contributed by atoms with Crippen molar-refractivity contribution in [2.45, 2.75) is 44.6 Å². The van der Waals surface area contributed by atoms with E-state index in [1.165, 1.54) is 23.9 Å². The van der Waals surface area contributed by atoms with E-state index in [0.717, 1.165) is 60.1 Å². The zero-order chi connectivity index (χ0) is 30.5. The first kappa shape index (κ1) is 29.6. The molecule has 0 bridgehead atoms. The van der Waals surface area contributed by atoms with Crippen LogP contribution in [0.15, 0.2) is 80.3 Å². The molecule has 0 saturated heterocycles. The van der Waals surface area contributed by atoms with Crippen molar-refractivity contribution in [3.63, 3.8) is 0 Å². The number of carboxylic acid groups (broad SMARTS) is 1. The van der Waals surface area contributed by atoms with Crippen LogP contribution in [0.4, 0.5) is 10.1 Å². The van der Waals surface area contributed by atoms with Gasteiger partial charge in [0.15, 0.2) is 6.54 Å². The zero-order valence-electron chi connectivity index (χ0n) is 23.5. The summed E-state index contributed by atoms with van der Waals surface area (Å²) in [4.78, 5) is 14.1. The van der Waals surface area contributed by atoms with E-state index in [9.17, 15) is 27.3 Å². The quantitative estimate of drug-likeness (QED) is 0.156. The molecule has 3 heterocycles. The van der Waals surface area contributed by atoms with Gasteiger partial charge in [-0.2, -0.15) is 13.0 Å². The maximum atomic E-state index is 14.1. The number of rotatable bonds is 8. The summed E-state index contributed by atoms with van der Waals surface area (Å²) >= 11 is 3.03. The summed E-state index contributed by atoms with van der Waals surface area (Å²) in [6, 6.07) is 10.3. The molecule has 6 rings (SSSR count). The zero-order valence-corrected chi connectivity index (χ0v) is 26.0. The molecule has 1 aliphatic carbocycles. The Labute approximate surface area is 256 Å². The van der Waals surface area contributed by atoms with E-state index in [1.807, 2.05) is 24.3 Å². The van der Waals surface area contributed by atoms with Crippen molar-refractivity contribution >= 4 is 72.1 Å². The van der Waals surface area contributed by atoms with Crippen molar-refractivity contribution < 1.29 is 36.2 Å². The molecule has 43 heavy (non-hydrogen) atoms. The van der Waals surface area contributed by atoms with Gasteiger partial charge in [0.1, 0.15) is 22.6 Å². The molecule has 0 unspecified atom stereocenters. The van der Waals surface area contributed by atoms with E-state index >= 15 is 0 Å². The van der Waals surface area contributed by atoms with Crippen LogP contribution in [0.3, 0.4) is 0 Å². The van der Waals surface area contributed by atoms with Gasteiger partial charge in [0, 0.05) is 17.4 Å². The molecular formula is C31H30FN2O6S3+. The highest BCUT2D eigenvalue weighted by Gasteiger charge is 2.31. The van der Waals surface area contributed by atoms with E-state index in [4.69, 9.17) is 4.42 Å². The van der Waals surface area contributed by atoms with Gasteiger partial charge in [0.05, 0.1) is 28.1 Å². The second kappa shape index (κ2) is 11.2. The van der Waals surface area contributed by atoms with Crippen LogP contribution < -0.4 is 9.47 Å². The summed E-state index contributed by atoms with van der Waals surface area (Å²) < 4.78 is 55.1. The number of hydrogen-bond donors (Lipinski definition) is 2. The normalized spacial score (nSPS) is 18.6. The van der Waals surface area contributed by atoms with Crippen LogP contribution in [0.1, 0.15) is 38.1 Å². The summed E-state index contributed by atoms with van der Waals surface area (Å²) in [7, 11) is -4.09. The Bertz CT molecular complexity index is 1970. The number of thioether (sulfide) groups is 1. The highest BCUT2D eigenvalue weighted by Crippen LogP contribution is 2.48. The number of anilines is 1. The predicted octanol–water partition coefficient (Wildman–Crippen LogP) is 7.02. The smallest absolute Gasteiger partial charge is 0.323 e. The van der Waals surface area contributed by atoms with Gasteiger partial charge in [-0.1, -0.05) is 43.0 Å². The third-order valence-electron chi connectivity index (χ3n) is 7.44. The van der Waals surface area contributed by atoms with Crippen LogP contribution >= 0.6 is 23.1 Å². The fourth-order valence-corrected chi connectivity index (χ4v) is 8.67.